The third kappa shape index (κ3) is 4.89. The molecule has 5 rings (SSSR count). The van der Waals surface area contributed by atoms with E-state index in [9.17, 15) is 18.0 Å². The Balaban J connectivity index is 1.31. The molecule has 0 aromatic carbocycles. The van der Waals surface area contributed by atoms with Gasteiger partial charge in [0.25, 0.3) is 0 Å². The zero-order valence-corrected chi connectivity index (χ0v) is 19.3. The van der Waals surface area contributed by atoms with E-state index in [-0.39, 0.29) is 23.4 Å². The van der Waals surface area contributed by atoms with Gasteiger partial charge in [-0.2, -0.15) is 13.2 Å². The smallest absolute Gasteiger partial charge is 0.356 e. The number of hydrogen-bond acceptors (Lipinski definition) is 6. The van der Waals surface area contributed by atoms with Crippen LogP contribution in [0.4, 0.5) is 24.8 Å². The van der Waals surface area contributed by atoms with Gasteiger partial charge in [0.05, 0.1) is 12.1 Å². The van der Waals surface area contributed by atoms with Gasteiger partial charge in [0.15, 0.2) is 0 Å². The van der Waals surface area contributed by atoms with Crippen LogP contribution in [0, 0.1) is 0 Å². The van der Waals surface area contributed by atoms with Crippen LogP contribution in [0.5, 0.6) is 0 Å². The quantitative estimate of drug-likeness (QED) is 0.688. The van der Waals surface area contributed by atoms with Gasteiger partial charge in [-0.15, -0.1) is 0 Å². The van der Waals surface area contributed by atoms with Crippen molar-refractivity contribution in [2.75, 3.05) is 42.9 Å². The zero-order chi connectivity index (χ0) is 23.9. The minimum Gasteiger partial charge on any atom is -0.356 e. The van der Waals surface area contributed by atoms with Gasteiger partial charge in [0, 0.05) is 50.3 Å². The summed E-state index contributed by atoms with van der Waals surface area (Å²) in [7, 11) is 0. The molecule has 2 aromatic heterocycles. The molecule has 0 unspecified atom stereocenters. The summed E-state index contributed by atoms with van der Waals surface area (Å²) in [6.45, 7) is 7.07. The maximum atomic E-state index is 13.0. The highest BCUT2D eigenvalue weighted by molar-refractivity contribution is 5.94. The van der Waals surface area contributed by atoms with Crippen molar-refractivity contribution >= 4 is 17.5 Å². The maximum absolute atomic E-state index is 13.0. The van der Waals surface area contributed by atoms with E-state index >= 15 is 0 Å². The lowest BCUT2D eigenvalue weighted by Crippen LogP contribution is -2.39. The van der Waals surface area contributed by atoms with Crippen molar-refractivity contribution in [1.29, 1.82) is 0 Å². The summed E-state index contributed by atoms with van der Waals surface area (Å²) in [5, 5.41) is 2.84. The van der Waals surface area contributed by atoms with E-state index in [0.29, 0.717) is 18.8 Å². The summed E-state index contributed by atoms with van der Waals surface area (Å²) in [6, 6.07) is 0. The fourth-order valence-corrected chi connectivity index (χ4v) is 5.24. The Bertz CT molecular complexity index is 1040. The number of carbonyl (C=O) groups excluding carboxylic acids is 1. The first kappa shape index (κ1) is 23.1. The summed E-state index contributed by atoms with van der Waals surface area (Å²) in [6.07, 6.45) is 0.966. The molecular weight excluding hydrogens is 447 g/mol. The monoisotopic (exact) mass is 477 g/mol. The van der Waals surface area contributed by atoms with Gasteiger partial charge in [-0.1, -0.05) is 6.92 Å². The first-order valence-electron chi connectivity index (χ1n) is 12.0. The summed E-state index contributed by atoms with van der Waals surface area (Å²) in [5.41, 5.74) is 1.06. The summed E-state index contributed by atoms with van der Waals surface area (Å²) < 4.78 is 41.0. The van der Waals surface area contributed by atoms with E-state index in [1.54, 1.807) is 6.20 Å². The highest BCUT2D eigenvalue weighted by Gasteiger charge is 2.33. The molecule has 0 radical (unpaired) electrons. The molecule has 34 heavy (non-hydrogen) atoms. The third-order valence-electron chi connectivity index (χ3n) is 7.11. The standard InChI is InChI=1S/C23H30F3N7O/c1-15-11-18(34)30-20-19(15)22(28-14-27-20)32-7-3-16(4-8-32)21-29-17(12-23(24,25)26)13-33(21)10-9-31-5-2-6-31/h13-16H,2-12H2,1H3,(H,27,28,30,34)/t15-/m1/s1. The van der Waals surface area contributed by atoms with E-state index in [1.165, 1.54) is 12.7 Å². The van der Waals surface area contributed by atoms with Gasteiger partial charge in [0.2, 0.25) is 5.91 Å². The van der Waals surface area contributed by atoms with Gasteiger partial charge in [-0.25, -0.2) is 15.0 Å². The molecule has 3 aliphatic heterocycles. The number of anilines is 2. The Labute approximate surface area is 196 Å². The topological polar surface area (TPSA) is 79.2 Å². The number of imidazole rings is 1. The van der Waals surface area contributed by atoms with Gasteiger partial charge in [0.1, 0.15) is 23.8 Å². The van der Waals surface area contributed by atoms with Crippen LogP contribution in [-0.2, 0) is 17.8 Å². The fourth-order valence-electron chi connectivity index (χ4n) is 5.24. The third-order valence-corrected chi connectivity index (χ3v) is 7.11. The molecule has 2 aromatic rings. The van der Waals surface area contributed by atoms with Crippen LogP contribution in [0.2, 0.25) is 0 Å². The first-order valence-corrected chi connectivity index (χ1v) is 12.0. The molecule has 8 nitrogen and oxygen atoms in total. The first-order chi connectivity index (χ1) is 16.3. The number of nitrogens with zero attached hydrogens (tertiary/aromatic N) is 6. The van der Waals surface area contributed by atoms with Crippen molar-refractivity contribution in [3.05, 3.63) is 29.6 Å². The van der Waals surface area contributed by atoms with E-state index < -0.39 is 12.6 Å². The van der Waals surface area contributed by atoms with Crippen LogP contribution in [0.15, 0.2) is 12.5 Å². The number of aromatic nitrogens is 4. The van der Waals surface area contributed by atoms with Crippen molar-refractivity contribution in [1.82, 2.24) is 24.4 Å². The Morgan fingerprint density at radius 2 is 1.88 bits per heavy atom. The second kappa shape index (κ2) is 9.16. The average Bonchev–Trinajstić information content (AvgIpc) is 3.13. The molecular formula is C23H30F3N7O. The van der Waals surface area contributed by atoms with Gasteiger partial charge >= 0.3 is 6.18 Å². The Hall–Kier alpha value is -2.69. The Kier molecular flexibility index (Phi) is 6.22. The van der Waals surface area contributed by atoms with E-state index in [4.69, 9.17) is 0 Å². The summed E-state index contributed by atoms with van der Waals surface area (Å²) >= 11 is 0. The summed E-state index contributed by atoms with van der Waals surface area (Å²) in [4.78, 5) is 29.7. The van der Waals surface area contributed by atoms with Gasteiger partial charge in [-0.3, -0.25) is 4.79 Å². The van der Waals surface area contributed by atoms with Crippen molar-refractivity contribution in [3.63, 3.8) is 0 Å². The number of carbonyl (C=O) groups is 1. The molecule has 0 aliphatic carbocycles. The van der Waals surface area contributed by atoms with Crippen LogP contribution in [0.25, 0.3) is 0 Å². The van der Waals surface area contributed by atoms with E-state index in [0.717, 1.165) is 62.8 Å². The van der Waals surface area contributed by atoms with Crippen molar-refractivity contribution in [2.24, 2.45) is 0 Å². The molecule has 2 fully saturated rings. The van der Waals surface area contributed by atoms with Gasteiger partial charge < -0.3 is 19.7 Å². The molecule has 0 spiro atoms. The van der Waals surface area contributed by atoms with Crippen LogP contribution in [0.1, 0.15) is 61.5 Å². The van der Waals surface area contributed by atoms with E-state index in [1.807, 2.05) is 11.5 Å². The number of hydrogen-bond donors (Lipinski definition) is 1. The number of fused-ring (bicyclic) bond motifs is 1. The fraction of sp³-hybridized carbons (Fsp3) is 0.652. The number of amides is 1. The Morgan fingerprint density at radius 3 is 2.56 bits per heavy atom. The normalized spacial score (nSPS) is 21.8. The molecule has 1 atom stereocenters. The van der Waals surface area contributed by atoms with Crippen molar-refractivity contribution < 1.29 is 18.0 Å². The van der Waals surface area contributed by atoms with Crippen molar-refractivity contribution in [3.8, 4) is 0 Å². The predicted molar refractivity (Wildman–Crippen MR) is 121 cm³/mol. The lowest BCUT2D eigenvalue weighted by Gasteiger charge is -2.36. The second-order valence-electron chi connectivity index (χ2n) is 9.65. The van der Waals surface area contributed by atoms with Crippen LogP contribution < -0.4 is 10.2 Å². The average molecular weight is 478 g/mol. The predicted octanol–water partition coefficient (Wildman–Crippen LogP) is 3.31. The minimum absolute atomic E-state index is 0.0306. The molecule has 3 aliphatic rings. The van der Waals surface area contributed by atoms with E-state index in [2.05, 4.69) is 30.1 Å². The molecule has 0 saturated carbocycles. The molecule has 1 N–H and O–H groups in total. The SMILES string of the molecule is C[C@@H]1CC(=O)Nc2ncnc(N3CCC(c4nc(CC(F)(F)F)cn4CCN4CCC4)CC3)c21. The Morgan fingerprint density at radius 1 is 1.12 bits per heavy atom. The second-order valence-corrected chi connectivity index (χ2v) is 9.65. The summed E-state index contributed by atoms with van der Waals surface area (Å²) in [5.74, 6) is 2.28. The number of alkyl halides is 3. The number of likely N-dealkylation sites (tertiary alicyclic amines) is 1. The largest absolute Gasteiger partial charge is 0.394 e. The lowest BCUT2D eigenvalue weighted by atomic mass is 9.92. The number of rotatable bonds is 6. The molecule has 0 bridgehead atoms. The highest BCUT2D eigenvalue weighted by Crippen LogP contribution is 2.38. The molecule has 2 saturated heterocycles. The van der Waals surface area contributed by atoms with Crippen LogP contribution >= 0.6 is 0 Å². The van der Waals surface area contributed by atoms with Gasteiger partial charge in [-0.05, 0) is 38.3 Å². The molecule has 11 heteroatoms. The molecule has 5 heterocycles. The molecule has 184 valence electrons. The maximum Gasteiger partial charge on any atom is 0.394 e. The van der Waals surface area contributed by atoms with Crippen LogP contribution in [0.3, 0.4) is 0 Å². The number of halogens is 3. The number of piperidine rings is 1. The lowest BCUT2D eigenvalue weighted by molar-refractivity contribution is -0.127. The highest BCUT2D eigenvalue weighted by atomic mass is 19.4. The van der Waals surface area contributed by atoms with Crippen molar-refractivity contribution in [2.45, 2.75) is 63.6 Å². The minimum atomic E-state index is -4.27. The zero-order valence-electron chi connectivity index (χ0n) is 19.3. The molecule has 1 amide bonds. The van der Waals surface area contributed by atoms with Crippen LogP contribution in [-0.4, -0.2) is 69.2 Å². The number of nitrogens with one attached hydrogen (secondary N) is 1.